The number of hydrogen-bond acceptors (Lipinski definition) is 1. The van der Waals surface area contributed by atoms with Crippen LogP contribution in [0.25, 0.3) is 6.08 Å². The Morgan fingerprint density at radius 3 is 2.75 bits per heavy atom. The molecule has 0 aromatic carbocycles. The van der Waals surface area contributed by atoms with Crippen LogP contribution in [0.1, 0.15) is 5.69 Å². The third kappa shape index (κ3) is 0.869. The van der Waals surface area contributed by atoms with E-state index < -0.39 is 0 Å². The van der Waals surface area contributed by atoms with Crippen LogP contribution in [0.3, 0.4) is 0 Å². The summed E-state index contributed by atoms with van der Waals surface area (Å²) in [6.45, 7) is 3.55. The van der Waals surface area contributed by atoms with Crippen LogP contribution in [-0.2, 0) is 0 Å². The molecule has 0 saturated carbocycles. The van der Waals surface area contributed by atoms with E-state index in [4.69, 9.17) is 12.2 Å². The van der Waals surface area contributed by atoms with Gasteiger partial charge in [0.05, 0.1) is 5.69 Å². The highest BCUT2D eigenvalue weighted by atomic mass is 32.1. The Balaban J connectivity index is 3.18. The molecule has 0 unspecified atom stereocenters. The quantitative estimate of drug-likeness (QED) is 0.551. The predicted molar refractivity (Wildman–Crippen MR) is 36.1 cm³/mol. The van der Waals surface area contributed by atoms with E-state index in [0.717, 1.165) is 5.69 Å². The van der Waals surface area contributed by atoms with Gasteiger partial charge in [-0.2, -0.15) is 0 Å². The van der Waals surface area contributed by atoms with Crippen LogP contribution in [0.5, 0.6) is 0 Å². The zero-order valence-electron chi connectivity index (χ0n) is 4.27. The Morgan fingerprint density at radius 1 is 1.75 bits per heavy atom. The molecule has 0 saturated heterocycles. The Bertz CT molecular complexity index is 233. The lowest BCUT2D eigenvalue weighted by atomic mass is 10.5. The first-order valence-electron chi connectivity index (χ1n) is 2.23. The van der Waals surface area contributed by atoms with E-state index in [1.165, 1.54) is 0 Å². The maximum Gasteiger partial charge on any atom is 0.174 e. The van der Waals surface area contributed by atoms with Gasteiger partial charge in [-0.05, 0) is 18.3 Å². The molecule has 3 heteroatoms. The number of aromatic amines is 2. The largest absolute Gasteiger partial charge is 0.337 e. The van der Waals surface area contributed by atoms with Gasteiger partial charge in [-0.15, -0.1) is 0 Å². The molecule has 0 amide bonds. The molecule has 0 spiro atoms. The van der Waals surface area contributed by atoms with Crippen molar-refractivity contribution in [3.05, 3.63) is 23.2 Å². The molecule has 1 aromatic rings. The smallest absolute Gasteiger partial charge is 0.174 e. The van der Waals surface area contributed by atoms with Gasteiger partial charge in [-0.25, -0.2) is 0 Å². The molecule has 8 heavy (non-hydrogen) atoms. The minimum absolute atomic E-state index is 0.639. The highest BCUT2D eigenvalue weighted by Crippen LogP contribution is 1.91. The third-order valence-corrected chi connectivity index (χ3v) is 1.06. The minimum atomic E-state index is 0.639. The fourth-order valence-electron chi connectivity index (χ4n) is 0.457. The summed E-state index contributed by atoms with van der Waals surface area (Å²) in [6.07, 6.45) is 3.47. The summed E-state index contributed by atoms with van der Waals surface area (Å²) in [4.78, 5) is 5.67. The zero-order valence-corrected chi connectivity index (χ0v) is 5.09. The normalized spacial score (nSPS) is 9.00. The van der Waals surface area contributed by atoms with Crippen molar-refractivity contribution in [2.75, 3.05) is 0 Å². The predicted octanol–water partition coefficient (Wildman–Crippen LogP) is 1.72. The van der Waals surface area contributed by atoms with Crippen molar-refractivity contribution in [1.29, 1.82) is 0 Å². The number of imidazole rings is 1. The zero-order chi connectivity index (χ0) is 5.98. The van der Waals surface area contributed by atoms with Crippen molar-refractivity contribution in [3.8, 4) is 0 Å². The van der Waals surface area contributed by atoms with Crippen molar-refractivity contribution in [2.24, 2.45) is 0 Å². The summed E-state index contributed by atoms with van der Waals surface area (Å²) in [5, 5.41) is 0. The molecular formula is C5H6N2S. The molecule has 0 fully saturated rings. The van der Waals surface area contributed by atoms with E-state index in [1.54, 1.807) is 12.3 Å². The Kier molecular flexibility index (Phi) is 1.30. The lowest BCUT2D eigenvalue weighted by Gasteiger charge is -1.73. The van der Waals surface area contributed by atoms with Crippen LogP contribution >= 0.6 is 12.2 Å². The average molecular weight is 126 g/mol. The third-order valence-electron chi connectivity index (χ3n) is 0.837. The van der Waals surface area contributed by atoms with E-state index in [-0.39, 0.29) is 0 Å². The topological polar surface area (TPSA) is 31.6 Å². The van der Waals surface area contributed by atoms with Crippen molar-refractivity contribution >= 4 is 18.3 Å². The minimum Gasteiger partial charge on any atom is -0.337 e. The van der Waals surface area contributed by atoms with E-state index in [9.17, 15) is 0 Å². The molecule has 0 radical (unpaired) electrons. The Labute approximate surface area is 52.3 Å². The highest BCUT2D eigenvalue weighted by Gasteiger charge is 1.81. The van der Waals surface area contributed by atoms with Gasteiger partial charge in [0.15, 0.2) is 4.77 Å². The number of nitrogens with one attached hydrogen (secondary N) is 2. The van der Waals surface area contributed by atoms with E-state index >= 15 is 0 Å². The lowest BCUT2D eigenvalue weighted by molar-refractivity contribution is 1.26. The maximum absolute atomic E-state index is 4.74. The van der Waals surface area contributed by atoms with Gasteiger partial charge in [-0.3, -0.25) is 0 Å². The molecule has 0 bridgehead atoms. The Hall–Kier alpha value is -0.830. The van der Waals surface area contributed by atoms with Gasteiger partial charge in [0.25, 0.3) is 0 Å². The molecule has 1 aromatic heterocycles. The molecule has 1 heterocycles. The summed E-state index contributed by atoms with van der Waals surface area (Å²) < 4.78 is 0.639. The van der Waals surface area contributed by atoms with Crippen molar-refractivity contribution in [2.45, 2.75) is 0 Å². The SMILES string of the molecule is C=Cc1c[nH]c(=S)[nH]1. The fourth-order valence-corrected chi connectivity index (χ4v) is 0.633. The summed E-state index contributed by atoms with van der Waals surface area (Å²) in [5.74, 6) is 0. The number of aromatic nitrogens is 2. The fraction of sp³-hybridized carbons (Fsp3) is 0. The first-order valence-corrected chi connectivity index (χ1v) is 2.64. The second-order valence-electron chi connectivity index (χ2n) is 1.40. The summed E-state index contributed by atoms with van der Waals surface area (Å²) in [6, 6.07) is 0. The molecule has 0 aliphatic heterocycles. The number of rotatable bonds is 1. The molecular weight excluding hydrogens is 120 g/mol. The first-order chi connectivity index (χ1) is 3.83. The lowest BCUT2D eigenvalue weighted by Crippen LogP contribution is -1.63. The second-order valence-corrected chi connectivity index (χ2v) is 1.81. The van der Waals surface area contributed by atoms with Crippen LogP contribution in [-0.4, -0.2) is 9.97 Å². The molecule has 2 N–H and O–H groups in total. The first kappa shape index (κ1) is 5.31. The highest BCUT2D eigenvalue weighted by molar-refractivity contribution is 7.71. The Morgan fingerprint density at radius 2 is 2.50 bits per heavy atom. The van der Waals surface area contributed by atoms with Crippen molar-refractivity contribution in [1.82, 2.24) is 9.97 Å². The van der Waals surface area contributed by atoms with Gasteiger partial charge < -0.3 is 9.97 Å². The molecule has 0 atom stereocenters. The van der Waals surface area contributed by atoms with Crippen LogP contribution in [0.2, 0.25) is 0 Å². The van der Waals surface area contributed by atoms with Crippen LogP contribution in [0.4, 0.5) is 0 Å². The van der Waals surface area contributed by atoms with Crippen molar-refractivity contribution in [3.63, 3.8) is 0 Å². The number of hydrogen-bond donors (Lipinski definition) is 2. The number of H-pyrrole nitrogens is 2. The van der Waals surface area contributed by atoms with E-state index in [2.05, 4.69) is 16.5 Å². The summed E-state index contributed by atoms with van der Waals surface area (Å²) >= 11 is 4.74. The molecule has 0 aliphatic rings. The van der Waals surface area contributed by atoms with Gasteiger partial charge in [0, 0.05) is 6.20 Å². The molecule has 2 nitrogen and oxygen atoms in total. The van der Waals surface area contributed by atoms with E-state index in [1.807, 2.05) is 0 Å². The summed E-state index contributed by atoms with van der Waals surface area (Å²) in [5.41, 5.74) is 0.926. The van der Waals surface area contributed by atoms with Crippen LogP contribution in [0, 0.1) is 4.77 Å². The van der Waals surface area contributed by atoms with Crippen LogP contribution < -0.4 is 0 Å². The molecule has 1 rings (SSSR count). The molecule has 42 valence electrons. The molecule has 0 aliphatic carbocycles. The van der Waals surface area contributed by atoms with Gasteiger partial charge in [0.1, 0.15) is 0 Å². The van der Waals surface area contributed by atoms with E-state index in [0.29, 0.717) is 4.77 Å². The van der Waals surface area contributed by atoms with Gasteiger partial charge >= 0.3 is 0 Å². The monoisotopic (exact) mass is 126 g/mol. The second kappa shape index (κ2) is 1.96. The average Bonchev–Trinajstić information content (AvgIpc) is 2.14. The van der Waals surface area contributed by atoms with Gasteiger partial charge in [0.2, 0.25) is 0 Å². The standard InChI is InChI=1S/C5H6N2S/c1-2-4-3-6-5(8)7-4/h2-3H,1H2,(H2,6,7,8). The van der Waals surface area contributed by atoms with Crippen molar-refractivity contribution < 1.29 is 0 Å². The summed E-state index contributed by atoms with van der Waals surface area (Å²) in [7, 11) is 0. The maximum atomic E-state index is 4.74. The van der Waals surface area contributed by atoms with Crippen LogP contribution in [0.15, 0.2) is 12.8 Å². The van der Waals surface area contributed by atoms with Gasteiger partial charge in [-0.1, -0.05) is 6.58 Å².